The Balaban J connectivity index is 1.42. The molecule has 710 valence electrons. The smallest absolute Gasteiger partial charge is 0.329 e. The van der Waals surface area contributed by atoms with E-state index in [1.54, 1.807) is 48.7 Å². The second kappa shape index (κ2) is 53.6. The molecule has 1 aliphatic heterocycles. The molecule has 44 nitrogen and oxygen atoms in total. The summed E-state index contributed by atoms with van der Waals surface area (Å²) < 4.78 is 11.6. The number of nitrogens with two attached hydrogens (primary N) is 2. The Morgan fingerprint density at radius 3 is 1.76 bits per heavy atom. The third-order valence-corrected chi connectivity index (χ3v) is 20.9. The third-order valence-electron chi connectivity index (χ3n) is 20.6. The first-order valence-corrected chi connectivity index (χ1v) is 42.5. The number of aliphatic hydroxyl groups is 1. The molecule has 5 aromatic rings. The maximum atomic E-state index is 15.1. The normalized spacial score (nSPS) is 20.0. The van der Waals surface area contributed by atoms with Crippen LogP contribution in [0.15, 0.2) is 103 Å². The number of Topliss-reactive ketones (excluding diaryl/α,β-unsaturated/α-hetero) is 1. The van der Waals surface area contributed by atoms with Crippen LogP contribution in [-0.2, 0) is 115 Å². The molecule has 1 saturated heterocycles. The SMILES string of the molecule is CCCCCCCCCC(=O)NC(Cc1c[nH]c2ccccc12)C(=O)NC(CC(N)=O)C(=O)NC(CC(=O)O)C(=O)NC1C(=O)NCC(=O)NC(CCCNCc2ccc(OCc3ccccc3)c(Cl)c2)C(=O)NC(CC(=O)O)C(=O)NC(C)C(=O)NC(CC(=O)O)C(=O)NCC(=O)NC(CO)C(=O)NC(C(C)CC(=O)O)C(=O)NC(CC(=O)c2ccccc2N)C(=O)OC1C. The number of carboxylic acid groups (broad SMARTS) is 4. The number of carboxylic acids is 4. The number of H-pyrrole nitrogens is 1. The molecule has 13 unspecified atom stereocenters. The predicted molar refractivity (Wildman–Crippen MR) is 465 cm³/mol. The Kier molecular flexibility index (Phi) is 43.2. The summed E-state index contributed by atoms with van der Waals surface area (Å²) in [5, 5.41) is 83.2. The number of aromatic amines is 1. The molecule has 1 aliphatic rings. The topological polar surface area (TPSA) is 697 Å². The van der Waals surface area contributed by atoms with Gasteiger partial charge in [-0.05, 0) is 92.6 Å². The van der Waals surface area contributed by atoms with E-state index in [-0.39, 0.29) is 55.2 Å². The monoisotopic (exact) mass is 1850 g/mol. The molecule has 0 spiro atoms. The summed E-state index contributed by atoms with van der Waals surface area (Å²) >= 11 is 6.59. The van der Waals surface area contributed by atoms with Crippen molar-refractivity contribution in [1.82, 2.24) is 79.4 Å². The predicted octanol–water partition coefficient (Wildman–Crippen LogP) is -1.56. The number of primary amides is 1. The van der Waals surface area contributed by atoms with E-state index in [0.29, 0.717) is 40.6 Å². The Morgan fingerprint density at radius 1 is 0.557 bits per heavy atom. The number of carbonyl (C=O) groups is 20. The highest BCUT2D eigenvalue weighted by Crippen LogP contribution is 2.27. The lowest BCUT2D eigenvalue weighted by atomic mass is 9.96. The first kappa shape index (κ1) is 106. The zero-order valence-electron chi connectivity index (χ0n) is 72.3. The van der Waals surface area contributed by atoms with E-state index in [1.807, 2.05) is 41.0 Å². The number of aliphatic hydroxyl groups excluding tert-OH is 1. The van der Waals surface area contributed by atoms with Crippen LogP contribution in [0, 0.1) is 5.92 Å². The maximum absolute atomic E-state index is 15.1. The van der Waals surface area contributed by atoms with E-state index in [4.69, 9.17) is 32.5 Å². The van der Waals surface area contributed by atoms with Gasteiger partial charge in [0.15, 0.2) is 5.78 Å². The zero-order chi connectivity index (χ0) is 96.6. The number of fused-ring (bicyclic) bond motifs is 1. The molecule has 1 aromatic heterocycles. The number of aliphatic carboxylic acids is 4. The Labute approximate surface area is 755 Å². The highest BCUT2D eigenvalue weighted by molar-refractivity contribution is 6.32. The molecule has 2 heterocycles. The highest BCUT2D eigenvalue weighted by atomic mass is 35.5. The summed E-state index contributed by atoms with van der Waals surface area (Å²) in [5.41, 5.74) is 13.9. The van der Waals surface area contributed by atoms with Gasteiger partial charge in [-0.2, -0.15) is 0 Å². The van der Waals surface area contributed by atoms with Gasteiger partial charge >= 0.3 is 29.8 Å². The van der Waals surface area contributed by atoms with Crippen molar-refractivity contribution in [1.29, 1.82) is 0 Å². The molecule has 24 N–H and O–H groups in total. The second-order valence-corrected chi connectivity index (χ2v) is 31.6. The highest BCUT2D eigenvalue weighted by Gasteiger charge is 2.41. The third kappa shape index (κ3) is 36.1. The van der Waals surface area contributed by atoms with Crippen molar-refractivity contribution in [3.05, 3.63) is 131 Å². The van der Waals surface area contributed by atoms with Crippen LogP contribution in [0.2, 0.25) is 5.02 Å². The van der Waals surface area contributed by atoms with Crippen LogP contribution >= 0.6 is 11.6 Å². The lowest BCUT2D eigenvalue weighted by molar-refractivity contribution is -0.156. The van der Waals surface area contributed by atoms with Gasteiger partial charge in [-0.25, -0.2) is 4.79 Å². The van der Waals surface area contributed by atoms with Gasteiger partial charge < -0.3 is 126 Å². The van der Waals surface area contributed by atoms with Crippen molar-refractivity contribution >= 4 is 147 Å². The number of hydrogen-bond acceptors (Lipinski definition) is 25. The molecule has 0 radical (unpaired) electrons. The number of hydrogen-bond donors (Lipinski definition) is 22. The fourth-order valence-corrected chi connectivity index (χ4v) is 13.8. The van der Waals surface area contributed by atoms with Crippen molar-refractivity contribution in [3.8, 4) is 5.75 Å². The van der Waals surface area contributed by atoms with Crippen LogP contribution in [0.25, 0.3) is 10.9 Å². The van der Waals surface area contributed by atoms with Gasteiger partial charge in [0, 0.05) is 54.2 Å². The number of ketones is 1. The maximum Gasteiger partial charge on any atom is 0.329 e. The minimum atomic E-state index is -2.48. The summed E-state index contributed by atoms with van der Waals surface area (Å²) in [6.45, 7) is 1.61. The summed E-state index contributed by atoms with van der Waals surface area (Å²) in [4.78, 5) is 280. The standard InChI is InChI=1S/C86H112ClN17O27/c1-5-6-7-8-9-10-14-27-67(108)96-57(33-50-40-91-55-25-18-16-22-51(50)55)80(123)99-58(35-66(89)107)81(124)101-61(38-73(117)118)82(125)104-75-47(4)131-86(129)62(34-64(106)52-23-15-17-24-54(52)88)102-85(128)74(45(2)31-70(111)112)103-83(126)63(43-105)97-69(110)41-92-77(120)59(36-71(113)114)98-76(119)46(3)94-79(122)60(37-72(115)116)100-78(121)56(95-68(109)42-93-84(75)127)26-19-30-90-39-49-28-29-65(53(87)32-49)130-44-48-20-12-11-13-21-48/h11-13,15-18,20-25,28-29,32,40,45-47,56-63,74-75,90-91,105H,5-10,14,19,26-27,30-31,33-39,41-44,88H2,1-4H3,(H2,89,107)(H,92,120)(H,93,127)(H,94,122)(H,95,109)(H,96,108)(H,97,110)(H,98,119)(H,99,123)(H,100,121)(H,101,124)(H,102,128)(H,103,126)(H,104,125)(H,111,112)(H,113,114)(H,115,116)(H,117,118). The van der Waals surface area contributed by atoms with Crippen molar-refractivity contribution in [2.75, 3.05) is 32.0 Å². The molecule has 14 amide bonds. The number of carbonyl (C=O) groups excluding carboxylic acids is 16. The Hall–Kier alpha value is -14.2. The van der Waals surface area contributed by atoms with Crippen LogP contribution in [-0.4, -0.2) is 248 Å². The number of ether oxygens (including phenoxy) is 2. The van der Waals surface area contributed by atoms with Crippen molar-refractivity contribution in [2.24, 2.45) is 11.7 Å². The quantitative estimate of drug-likeness (QED) is 0.00911. The number of halogens is 1. The number of cyclic esters (lactones) is 1. The molecule has 1 fully saturated rings. The number of unbranched alkanes of at least 4 members (excludes halogenated alkanes) is 6. The molecular weight excluding hydrogens is 1740 g/mol. The van der Waals surface area contributed by atoms with Crippen LogP contribution in [0.4, 0.5) is 5.69 Å². The number of aromatic nitrogens is 1. The number of benzene rings is 4. The minimum Gasteiger partial charge on any atom is -0.487 e. The lowest BCUT2D eigenvalue weighted by Crippen LogP contribution is -2.62. The molecule has 13 atom stereocenters. The minimum absolute atomic E-state index is 0.0258. The fraction of sp³-hybridized carbons (Fsp3) is 0.465. The first-order chi connectivity index (χ1) is 62.2. The molecular formula is C86H112ClN17O27. The Bertz CT molecular complexity index is 4920. The zero-order valence-corrected chi connectivity index (χ0v) is 73.1. The van der Waals surface area contributed by atoms with Crippen LogP contribution in [0.5, 0.6) is 5.75 Å². The number of para-hydroxylation sites is 2. The first-order valence-electron chi connectivity index (χ1n) is 42.2. The van der Waals surface area contributed by atoms with E-state index in [2.05, 4.69) is 75.7 Å². The molecule has 0 bridgehead atoms. The van der Waals surface area contributed by atoms with Crippen LogP contribution in [0.1, 0.15) is 157 Å². The second-order valence-electron chi connectivity index (χ2n) is 31.2. The van der Waals surface area contributed by atoms with Gasteiger partial charge in [-0.1, -0.05) is 131 Å². The van der Waals surface area contributed by atoms with Gasteiger partial charge in [0.25, 0.3) is 0 Å². The van der Waals surface area contributed by atoms with Crippen molar-refractivity contribution in [2.45, 2.75) is 223 Å². The van der Waals surface area contributed by atoms with Gasteiger partial charge in [-0.15, -0.1) is 0 Å². The number of rotatable bonds is 41. The van der Waals surface area contributed by atoms with E-state index >= 15 is 9.59 Å². The molecule has 45 heteroatoms. The van der Waals surface area contributed by atoms with Crippen LogP contribution < -0.4 is 90.6 Å². The number of anilines is 1. The van der Waals surface area contributed by atoms with Gasteiger partial charge in [0.1, 0.15) is 84.9 Å². The molecule has 0 aliphatic carbocycles. The molecule has 4 aromatic carbocycles. The number of nitrogen functional groups attached to an aromatic ring is 1. The summed E-state index contributed by atoms with van der Waals surface area (Å²) in [5.74, 6) is -29.5. The number of nitrogens with one attached hydrogen (secondary N) is 15. The van der Waals surface area contributed by atoms with Gasteiger partial charge in [-0.3, -0.25) is 91.1 Å². The van der Waals surface area contributed by atoms with E-state index in [9.17, 15) is 112 Å². The van der Waals surface area contributed by atoms with Crippen LogP contribution in [0.3, 0.4) is 0 Å². The van der Waals surface area contributed by atoms with Crippen molar-refractivity contribution < 1.29 is 131 Å². The van der Waals surface area contributed by atoms with Gasteiger partial charge in [0.2, 0.25) is 82.7 Å². The average Bonchev–Trinajstić information content (AvgIpc) is 1.74. The summed E-state index contributed by atoms with van der Waals surface area (Å²) in [6.07, 6.45) is -2.49. The average molecular weight is 1850 g/mol. The largest absolute Gasteiger partial charge is 0.487 e. The molecule has 6 rings (SSSR count). The van der Waals surface area contributed by atoms with E-state index in [1.165, 1.54) is 24.3 Å². The molecule has 131 heavy (non-hydrogen) atoms. The number of amides is 14. The van der Waals surface area contributed by atoms with Crippen molar-refractivity contribution in [3.63, 3.8) is 0 Å². The Morgan fingerprint density at radius 2 is 1.13 bits per heavy atom. The summed E-state index contributed by atoms with van der Waals surface area (Å²) in [7, 11) is 0. The van der Waals surface area contributed by atoms with Gasteiger partial charge in [0.05, 0.1) is 56.8 Å². The summed E-state index contributed by atoms with van der Waals surface area (Å²) in [6, 6.07) is 3.35. The van der Waals surface area contributed by atoms with E-state index < -0.39 is 261 Å². The van der Waals surface area contributed by atoms with E-state index in [0.717, 1.165) is 58.4 Å². The fourth-order valence-electron chi connectivity index (χ4n) is 13.6. The molecule has 0 saturated carbocycles. The number of esters is 1. The lowest BCUT2D eigenvalue weighted by Gasteiger charge is -2.30.